The minimum atomic E-state index is -0.461. The average molecular weight is 327 g/mol. The van der Waals surface area contributed by atoms with Crippen molar-refractivity contribution in [3.05, 3.63) is 42.1 Å². The summed E-state index contributed by atoms with van der Waals surface area (Å²) in [6.07, 6.45) is 8.41. The summed E-state index contributed by atoms with van der Waals surface area (Å²) in [6.45, 7) is 3.41. The summed E-state index contributed by atoms with van der Waals surface area (Å²) in [7, 11) is 0. The summed E-state index contributed by atoms with van der Waals surface area (Å²) < 4.78 is 2.06. The van der Waals surface area contributed by atoms with Crippen molar-refractivity contribution in [2.24, 2.45) is 5.73 Å². The van der Waals surface area contributed by atoms with E-state index in [9.17, 15) is 9.90 Å². The van der Waals surface area contributed by atoms with E-state index in [2.05, 4.69) is 9.47 Å². The van der Waals surface area contributed by atoms with Gasteiger partial charge in [0.2, 0.25) is 5.91 Å². The highest BCUT2D eigenvalue weighted by Gasteiger charge is 2.16. The summed E-state index contributed by atoms with van der Waals surface area (Å²) >= 11 is 0. The SMILES string of the molecule is NC(=O)/C=C\c1cn(CC(O)CN2CCCCC2)c2ccccc12. The second kappa shape index (κ2) is 7.64. The molecule has 128 valence electrons. The van der Waals surface area contributed by atoms with Gasteiger partial charge < -0.3 is 20.3 Å². The van der Waals surface area contributed by atoms with Crippen LogP contribution in [0.3, 0.4) is 0 Å². The number of hydrogen-bond acceptors (Lipinski definition) is 3. The van der Waals surface area contributed by atoms with Crippen molar-refractivity contribution in [3.8, 4) is 0 Å². The Morgan fingerprint density at radius 3 is 2.71 bits per heavy atom. The van der Waals surface area contributed by atoms with Gasteiger partial charge in [0.25, 0.3) is 0 Å². The molecule has 5 nitrogen and oxygen atoms in total. The first-order chi connectivity index (χ1) is 11.6. The normalized spacial score (nSPS) is 17.5. The molecule has 2 heterocycles. The third kappa shape index (κ3) is 4.04. The average Bonchev–Trinajstić information content (AvgIpc) is 2.92. The van der Waals surface area contributed by atoms with Gasteiger partial charge in [0.15, 0.2) is 0 Å². The molecule has 24 heavy (non-hydrogen) atoms. The fourth-order valence-corrected chi connectivity index (χ4v) is 3.46. The van der Waals surface area contributed by atoms with Crippen molar-refractivity contribution in [2.75, 3.05) is 19.6 Å². The number of benzene rings is 1. The van der Waals surface area contributed by atoms with E-state index < -0.39 is 12.0 Å². The van der Waals surface area contributed by atoms with Gasteiger partial charge in [0, 0.05) is 41.8 Å². The number of para-hydroxylation sites is 1. The molecule has 2 aromatic rings. The number of aliphatic hydroxyl groups excluding tert-OH is 1. The van der Waals surface area contributed by atoms with Crippen LogP contribution in [-0.2, 0) is 11.3 Å². The Balaban J connectivity index is 1.77. The molecule has 0 bridgehead atoms. The summed E-state index contributed by atoms with van der Waals surface area (Å²) in [5.41, 5.74) is 7.19. The maximum absolute atomic E-state index is 11.0. The number of carbonyl (C=O) groups excluding carboxylic acids is 1. The summed E-state index contributed by atoms with van der Waals surface area (Å²) in [5.74, 6) is -0.461. The quantitative estimate of drug-likeness (QED) is 0.797. The molecule has 0 spiro atoms. The number of hydrogen-bond donors (Lipinski definition) is 2. The molecule has 1 aromatic carbocycles. The Hall–Kier alpha value is -2.11. The van der Waals surface area contributed by atoms with Crippen LogP contribution in [-0.4, -0.2) is 46.2 Å². The van der Waals surface area contributed by atoms with Crippen LogP contribution < -0.4 is 5.73 Å². The Labute approximate surface area is 142 Å². The number of fused-ring (bicyclic) bond motifs is 1. The number of likely N-dealkylation sites (tertiary alicyclic amines) is 1. The lowest BCUT2D eigenvalue weighted by Gasteiger charge is -2.28. The first-order valence-corrected chi connectivity index (χ1v) is 8.59. The van der Waals surface area contributed by atoms with Crippen LogP contribution in [0.25, 0.3) is 17.0 Å². The molecular formula is C19H25N3O2. The molecule has 0 saturated carbocycles. The molecule has 5 heteroatoms. The fourth-order valence-electron chi connectivity index (χ4n) is 3.46. The number of β-amino-alcohol motifs (C(OH)–C–C–N with tert-alkyl or cyclic N) is 1. The maximum atomic E-state index is 11.0. The van der Waals surface area contributed by atoms with Crippen molar-refractivity contribution in [3.63, 3.8) is 0 Å². The summed E-state index contributed by atoms with van der Waals surface area (Å²) in [5, 5.41) is 11.5. The van der Waals surface area contributed by atoms with Gasteiger partial charge in [-0.1, -0.05) is 24.6 Å². The lowest BCUT2D eigenvalue weighted by Crippen LogP contribution is -2.37. The Bertz CT molecular complexity index is 729. The lowest BCUT2D eigenvalue weighted by atomic mass is 10.1. The third-order valence-electron chi connectivity index (χ3n) is 4.57. The molecule has 1 aliphatic rings. The maximum Gasteiger partial charge on any atom is 0.241 e. The van der Waals surface area contributed by atoms with E-state index in [1.54, 1.807) is 6.08 Å². The van der Waals surface area contributed by atoms with Gasteiger partial charge in [0.05, 0.1) is 6.10 Å². The van der Waals surface area contributed by atoms with Crippen LogP contribution in [0.4, 0.5) is 0 Å². The van der Waals surface area contributed by atoms with Gasteiger partial charge in [-0.3, -0.25) is 4.79 Å². The highest BCUT2D eigenvalue weighted by atomic mass is 16.3. The van der Waals surface area contributed by atoms with Gasteiger partial charge in [-0.15, -0.1) is 0 Å². The summed E-state index contributed by atoms with van der Waals surface area (Å²) in [4.78, 5) is 13.3. The van der Waals surface area contributed by atoms with Gasteiger partial charge in [-0.25, -0.2) is 0 Å². The Morgan fingerprint density at radius 2 is 1.96 bits per heavy atom. The largest absolute Gasteiger partial charge is 0.390 e. The number of primary amides is 1. The van der Waals surface area contributed by atoms with E-state index in [0.29, 0.717) is 13.1 Å². The molecule has 0 aliphatic carbocycles. The Kier molecular flexibility index (Phi) is 5.33. The lowest BCUT2D eigenvalue weighted by molar-refractivity contribution is -0.113. The van der Waals surface area contributed by atoms with E-state index in [4.69, 9.17) is 5.73 Å². The van der Waals surface area contributed by atoms with Gasteiger partial charge in [0.1, 0.15) is 0 Å². The van der Waals surface area contributed by atoms with Crippen LogP contribution in [0.15, 0.2) is 36.5 Å². The molecule has 3 rings (SSSR count). The monoisotopic (exact) mass is 327 g/mol. The highest BCUT2D eigenvalue weighted by Crippen LogP contribution is 2.23. The number of piperidine rings is 1. The van der Waals surface area contributed by atoms with Crippen molar-refractivity contribution in [1.82, 2.24) is 9.47 Å². The summed E-state index contributed by atoms with van der Waals surface area (Å²) in [6, 6.07) is 8.00. The zero-order chi connectivity index (χ0) is 16.9. The topological polar surface area (TPSA) is 71.5 Å². The third-order valence-corrected chi connectivity index (χ3v) is 4.57. The Morgan fingerprint density at radius 1 is 1.21 bits per heavy atom. The molecule has 1 atom stereocenters. The second-order valence-corrected chi connectivity index (χ2v) is 6.50. The standard InChI is InChI=1S/C19H25N3O2/c20-19(24)9-8-15-12-22(18-7-3-2-6-17(15)18)14-16(23)13-21-10-4-1-5-11-21/h2-3,6-9,12,16,23H,1,4-5,10-11,13-14H2,(H2,20,24)/b9-8-. The van der Waals surface area contributed by atoms with E-state index in [-0.39, 0.29) is 0 Å². The van der Waals surface area contributed by atoms with E-state index in [0.717, 1.165) is 29.6 Å². The second-order valence-electron chi connectivity index (χ2n) is 6.50. The van der Waals surface area contributed by atoms with Crippen LogP contribution in [0.1, 0.15) is 24.8 Å². The minimum absolute atomic E-state index is 0.410. The predicted octanol–water partition coefficient (Wildman–Crippen LogP) is 1.99. The van der Waals surface area contributed by atoms with Gasteiger partial charge in [-0.05, 0) is 38.1 Å². The van der Waals surface area contributed by atoms with E-state index >= 15 is 0 Å². The molecule has 0 radical (unpaired) electrons. The first kappa shape index (κ1) is 16.7. The van der Waals surface area contributed by atoms with Crippen molar-refractivity contribution < 1.29 is 9.90 Å². The number of carbonyl (C=O) groups is 1. The smallest absolute Gasteiger partial charge is 0.241 e. The van der Waals surface area contributed by atoms with Crippen molar-refractivity contribution >= 4 is 22.9 Å². The van der Waals surface area contributed by atoms with Gasteiger partial charge in [-0.2, -0.15) is 0 Å². The van der Waals surface area contributed by atoms with Crippen LogP contribution in [0, 0.1) is 0 Å². The van der Waals surface area contributed by atoms with Crippen LogP contribution in [0.2, 0.25) is 0 Å². The number of amides is 1. The molecule has 1 aromatic heterocycles. The van der Waals surface area contributed by atoms with Crippen molar-refractivity contribution in [1.29, 1.82) is 0 Å². The van der Waals surface area contributed by atoms with Gasteiger partial charge >= 0.3 is 0 Å². The number of nitrogens with two attached hydrogens (primary N) is 1. The highest BCUT2D eigenvalue weighted by molar-refractivity contribution is 5.95. The van der Waals surface area contributed by atoms with Crippen LogP contribution >= 0.6 is 0 Å². The molecule has 1 aliphatic heterocycles. The predicted molar refractivity (Wildman–Crippen MR) is 96.5 cm³/mol. The first-order valence-electron chi connectivity index (χ1n) is 8.59. The zero-order valence-electron chi connectivity index (χ0n) is 13.9. The molecular weight excluding hydrogens is 302 g/mol. The number of rotatable bonds is 6. The molecule has 1 fully saturated rings. The van der Waals surface area contributed by atoms with E-state index in [1.165, 1.54) is 25.3 Å². The molecule has 3 N–H and O–H groups in total. The number of nitrogens with zero attached hydrogens (tertiary/aromatic N) is 2. The minimum Gasteiger partial charge on any atom is -0.390 e. The van der Waals surface area contributed by atoms with E-state index in [1.807, 2.05) is 30.5 Å². The molecule has 1 amide bonds. The fraction of sp³-hybridized carbons (Fsp3) is 0.421. The molecule has 1 saturated heterocycles. The molecule has 1 unspecified atom stereocenters. The number of aliphatic hydroxyl groups is 1. The zero-order valence-corrected chi connectivity index (χ0v) is 13.9. The van der Waals surface area contributed by atoms with Crippen LogP contribution in [0.5, 0.6) is 0 Å². The van der Waals surface area contributed by atoms with Crippen molar-refractivity contribution in [2.45, 2.75) is 31.9 Å². The number of aromatic nitrogens is 1.